The van der Waals surface area contributed by atoms with Crippen molar-refractivity contribution in [3.05, 3.63) is 41.8 Å². The first-order chi connectivity index (χ1) is 11.7. The van der Waals surface area contributed by atoms with Crippen LogP contribution in [-0.2, 0) is 4.74 Å². The van der Waals surface area contributed by atoms with Crippen LogP contribution in [0.25, 0.3) is 11.5 Å². The Morgan fingerprint density at radius 1 is 1.33 bits per heavy atom. The highest BCUT2D eigenvalue weighted by Gasteiger charge is 2.34. The van der Waals surface area contributed by atoms with Crippen LogP contribution in [0.15, 0.2) is 34.9 Å². The second-order valence-corrected chi connectivity index (χ2v) is 6.71. The van der Waals surface area contributed by atoms with Crippen molar-refractivity contribution in [2.75, 3.05) is 19.8 Å². The van der Waals surface area contributed by atoms with Gasteiger partial charge in [0, 0.05) is 6.54 Å². The average molecular weight is 326 g/mol. The third-order valence-electron chi connectivity index (χ3n) is 4.88. The molecule has 0 bridgehead atoms. The van der Waals surface area contributed by atoms with Crippen LogP contribution in [-0.4, -0.2) is 41.6 Å². The molecule has 2 fully saturated rings. The van der Waals surface area contributed by atoms with Crippen LogP contribution in [0, 0.1) is 12.8 Å². The van der Waals surface area contributed by atoms with E-state index in [0.29, 0.717) is 25.3 Å². The van der Waals surface area contributed by atoms with Crippen molar-refractivity contribution in [2.45, 2.75) is 32.2 Å². The van der Waals surface area contributed by atoms with Crippen molar-refractivity contribution >= 4 is 5.91 Å². The Labute approximate surface area is 141 Å². The zero-order chi connectivity index (χ0) is 16.5. The van der Waals surface area contributed by atoms with Crippen molar-refractivity contribution in [1.29, 1.82) is 0 Å². The molecule has 5 heteroatoms. The molecule has 2 aromatic heterocycles. The Kier molecular flexibility index (Phi) is 4.10. The lowest BCUT2D eigenvalue weighted by atomic mass is 10.1. The molecule has 1 unspecified atom stereocenters. The van der Waals surface area contributed by atoms with Crippen LogP contribution in [0.3, 0.4) is 0 Å². The monoisotopic (exact) mass is 326 g/mol. The van der Waals surface area contributed by atoms with E-state index in [9.17, 15) is 4.79 Å². The van der Waals surface area contributed by atoms with Gasteiger partial charge in [-0.15, -0.1) is 0 Å². The maximum Gasteiger partial charge on any atom is 0.256 e. The molecule has 1 atom stereocenters. The zero-order valence-electron chi connectivity index (χ0n) is 13.9. The van der Waals surface area contributed by atoms with E-state index in [0.717, 1.165) is 29.5 Å². The van der Waals surface area contributed by atoms with E-state index >= 15 is 0 Å². The lowest BCUT2D eigenvalue weighted by Crippen LogP contribution is -2.49. The summed E-state index contributed by atoms with van der Waals surface area (Å²) in [4.78, 5) is 19.6. The number of morpholine rings is 1. The molecule has 5 nitrogen and oxygen atoms in total. The van der Waals surface area contributed by atoms with Gasteiger partial charge < -0.3 is 14.1 Å². The molecule has 0 radical (unpaired) electrons. The van der Waals surface area contributed by atoms with Crippen molar-refractivity contribution < 1.29 is 13.9 Å². The summed E-state index contributed by atoms with van der Waals surface area (Å²) >= 11 is 0. The summed E-state index contributed by atoms with van der Waals surface area (Å²) in [6, 6.07) is 7.63. The topological polar surface area (TPSA) is 55.6 Å². The molecule has 3 heterocycles. The van der Waals surface area contributed by atoms with Gasteiger partial charge in [-0.3, -0.25) is 4.79 Å². The van der Waals surface area contributed by atoms with Gasteiger partial charge >= 0.3 is 0 Å². The number of hydrogen-bond acceptors (Lipinski definition) is 4. The lowest BCUT2D eigenvalue weighted by molar-refractivity contribution is -0.00575. The van der Waals surface area contributed by atoms with Gasteiger partial charge in [0.1, 0.15) is 5.69 Å². The second-order valence-electron chi connectivity index (χ2n) is 6.71. The van der Waals surface area contributed by atoms with Gasteiger partial charge in [0.05, 0.1) is 36.8 Å². The molecule has 4 rings (SSSR count). The molecular weight excluding hydrogens is 304 g/mol. The second kappa shape index (κ2) is 6.40. The minimum atomic E-state index is 0.0694. The van der Waals surface area contributed by atoms with E-state index in [2.05, 4.69) is 4.98 Å². The van der Waals surface area contributed by atoms with E-state index in [1.54, 1.807) is 6.26 Å². The van der Waals surface area contributed by atoms with E-state index < -0.39 is 0 Å². The van der Waals surface area contributed by atoms with Crippen LogP contribution in [0.2, 0.25) is 0 Å². The quantitative estimate of drug-likeness (QED) is 0.865. The molecule has 1 amide bonds. The Morgan fingerprint density at radius 2 is 2.21 bits per heavy atom. The number of nitrogens with zero attached hydrogens (tertiary/aromatic N) is 2. The molecule has 2 aliphatic rings. The van der Waals surface area contributed by atoms with Crippen molar-refractivity contribution in [3.8, 4) is 11.5 Å². The number of furan rings is 1. The average Bonchev–Trinajstić information content (AvgIpc) is 3.24. The van der Waals surface area contributed by atoms with E-state index in [1.807, 2.05) is 36.1 Å². The predicted octanol–water partition coefficient (Wildman–Crippen LogP) is 3.29. The number of aryl methyl sites for hydroxylation is 1. The van der Waals surface area contributed by atoms with Crippen molar-refractivity contribution in [3.63, 3.8) is 0 Å². The fourth-order valence-corrected chi connectivity index (χ4v) is 3.36. The Balaban J connectivity index is 1.56. The largest absolute Gasteiger partial charge is 0.463 e. The Bertz CT molecular complexity index is 722. The van der Waals surface area contributed by atoms with E-state index in [4.69, 9.17) is 9.15 Å². The van der Waals surface area contributed by atoms with Gasteiger partial charge in [0.2, 0.25) is 0 Å². The summed E-state index contributed by atoms with van der Waals surface area (Å²) < 4.78 is 11.0. The fourth-order valence-electron chi connectivity index (χ4n) is 3.36. The number of rotatable bonds is 4. The molecule has 1 saturated heterocycles. The number of aromatic nitrogens is 1. The Hall–Kier alpha value is -2.14. The summed E-state index contributed by atoms with van der Waals surface area (Å²) in [5.41, 5.74) is 2.17. The normalized spacial score (nSPS) is 21.0. The van der Waals surface area contributed by atoms with Gasteiger partial charge in [-0.05, 0) is 43.5 Å². The minimum absolute atomic E-state index is 0.0694. The van der Waals surface area contributed by atoms with Crippen LogP contribution in [0.1, 0.15) is 35.3 Å². The number of amides is 1. The third-order valence-corrected chi connectivity index (χ3v) is 4.88. The highest BCUT2D eigenvalue weighted by atomic mass is 16.5. The van der Waals surface area contributed by atoms with Crippen LogP contribution in [0.5, 0.6) is 0 Å². The van der Waals surface area contributed by atoms with E-state index in [-0.39, 0.29) is 11.9 Å². The highest BCUT2D eigenvalue weighted by Crippen LogP contribution is 2.35. The summed E-state index contributed by atoms with van der Waals surface area (Å²) in [6.45, 7) is 3.81. The molecule has 24 heavy (non-hydrogen) atoms. The van der Waals surface area contributed by atoms with Gasteiger partial charge in [-0.1, -0.05) is 12.8 Å². The van der Waals surface area contributed by atoms with E-state index in [1.165, 1.54) is 12.8 Å². The van der Waals surface area contributed by atoms with Gasteiger partial charge in [0.15, 0.2) is 5.76 Å². The summed E-state index contributed by atoms with van der Waals surface area (Å²) in [5.74, 6) is 1.56. The maximum absolute atomic E-state index is 13.0. The summed E-state index contributed by atoms with van der Waals surface area (Å²) in [7, 11) is 0. The van der Waals surface area contributed by atoms with Crippen LogP contribution in [0.4, 0.5) is 0 Å². The van der Waals surface area contributed by atoms with Gasteiger partial charge in [-0.25, -0.2) is 4.98 Å². The first-order valence-electron chi connectivity index (χ1n) is 8.62. The van der Waals surface area contributed by atoms with Crippen LogP contribution < -0.4 is 0 Å². The number of hydrogen-bond donors (Lipinski definition) is 0. The summed E-state index contributed by atoms with van der Waals surface area (Å²) in [6.07, 6.45) is 5.26. The number of carbonyl (C=O) groups excluding carboxylic acids is 1. The first kappa shape index (κ1) is 15.4. The van der Waals surface area contributed by atoms with Gasteiger partial charge in [-0.2, -0.15) is 0 Å². The molecular formula is C19H22N2O3. The van der Waals surface area contributed by atoms with Crippen LogP contribution >= 0.6 is 0 Å². The maximum atomic E-state index is 13.0. The highest BCUT2D eigenvalue weighted by molar-refractivity contribution is 5.95. The number of carbonyl (C=O) groups is 1. The number of ether oxygens (including phenoxy) is 1. The first-order valence-corrected chi connectivity index (χ1v) is 8.62. The SMILES string of the molecule is Cc1nc(-c2ccco2)ccc1C(=O)N1CCOCC1CC1CC1. The van der Waals surface area contributed by atoms with Gasteiger partial charge in [0.25, 0.3) is 5.91 Å². The lowest BCUT2D eigenvalue weighted by Gasteiger charge is -2.36. The molecule has 1 saturated carbocycles. The van der Waals surface area contributed by atoms with Crippen molar-refractivity contribution in [2.24, 2.45) is 5.92 Å². The molecule has 0 N–H and O–H groups in total. The zero-order valence-corrected chi connectivity index (χ0v) is 13.9. The standard InChI is InChI=1S/C19H22N2O3/c1-13-16(6-7-17(20-13)18-3-2-9-24-18)19(22)21-8-10-23-12-15(21)11-14-4-5-14/h2-3,6-7,9,14-15H,4-5,8,10-12H2,1H3. The van der Waals surface area contributed by atoms with Crippen molar-refractivity contribution in [1.82, 2.24) is 9.88 Å². The third kappa shape index (κ3) is 3.08. The molecule has 126 valence electrons. The molecule has 1 aliphatic heterocycles. The summed E-state index contributed by atoms with van der Waals surface area (Å²) in [5, 5.41) is 0. The minimum Gasteiger partial charge on any atom is -0.463 e. The Morgan fingerprint density at radius 3 is 2.92 bits per heavy atom. The predicted molar refractivity (Wildman–Crippen MR) is 89.7 cm³/mol. The molecule has 0 aromatic carbocycles. The number of pyridine rings is 1. The molecule has 0 spiro atoms. The fraction of sp³-hybridized carbons (Fsp3) is 0.474. The molecule has 2 aromatic rings. The molecule has 1 aliphatic carbocycles. The smallest absolute Gasteiger partial charge is 0.256 e.